The maximum Gasteiger partial charge on any atom is 0.375 e. The number of furan rings is 1. The molecular formula is C18H18FNO4. The minimum Gasteiger partial charge on any atom is -0.457 e. The second kappa shape index (κ2) is 7.29. The van der Waals surface area contributed by atoms with Crippen molar-refractivity contribution in [2.45, 2.75) is 37.8 Å². The van der Waals surface area contributed by atoms with Crippen LogP contribution in [0.5, 0.6) is 0 Å². The molecule has 1 aliphatic carbocycles. The highest BCUT2D eigenvalue weighted by atomic mass is 19.1. The molecule has 0 unspecified atom stereocenters. The molecule has 1 fully saturated rings. The van der Waals surface area contributed by atoms with Gasteiger partial charge in [0.15, 0.2) is 0 Å². The van der Waals surface area contributed by atoms with E-state index in [1.807, 2.05) is 0 Å². The zero-order valence-corrected chi connectivity index (χ0v) is 13.0. The van der Waals surface area contributed by atoms with Crippen LogP contribution >= 0.6 is 0 Å². The molecule has 6 heteroatoms. The van der Waals surface area contributed by atoms with Gasteiger partial charge in [-0.1, -0.05) is 31.0 Å². The molecule has 1 N–H and O–H groups in total. The van der Waals surface area contributed by atoms with Gasteiger partial charge in [0.05, 0.1) is 6.26 Å². The maximum absolute atomic E-state index is 14.1. The van der Waals surface area contributed by atoms with Crippen LogP contribution in [0, 0.1) is 5.82 Å². The Bertz CT molecular complexity index is 708. The minimum atomic E-state index is -1.36. The summed E-state index contributed by atoms with van der Waals surface area (Å²) in [6.07, 6.45) is 3.81. The molecule has 1 aromatic carbocycles. The van der Waals surface area contributed by atoms with Crippen LogP contribution in [0.15, 0.2) is 47.1 Å². The van der Waals surface area contributed by atoms with E-state index in [0.29, 0.717) is 0 Å². The van der Waals surface area contributed by atoms with Crippen molar-refractivity contribution in [3.05, 3.63) is 59.8 Å². The summed E-state index contributed by atoms with van der Waals surface area (Å²) in [4.78, 5) is 24.7. The average molecular weight is 331 g/mol. The molecule has 1 atom stereocenters. The van der Waals surface area contributed by atoms with Gasteiger partial charge in [-0.15, -0.1) is 0 Å². The molecule has 0 bridgehead atoms. The Labute approximate surface area is 138 Å². The molecule has 126 valence electrons. The molecule has 0 aliphatic heterocycles. The molecule has 1 amide bonds. The van der Waals surface area contributed by atoms with E-state index in [9.17, 15) is 14.0 Å². The lowest BCUT2D eigenvalue weighted by Crippen LogP contribution is -2.38. The van der Waals surface area contributed by atoms with Gasteiger partial charge in [0.1, 0.15) is 5.82 Å². The van der Waals surface area contributed by atoms with E-state index < -0.39 is 23.8 Å². The number of rotatable bonds is 5. The predicted octanol–water partition coefficient (Wildman–Crippen LogP) is 3.38. The molecule has 1 heterocycles. The van der Waals surface area contributed by atoms with Crippen LogP contribution in [0.2, 0.25) is 0 Å². The number of hydrogen-bond acceptors (Lipinski definition) is 4. The van der Waals surface area contributed by atoms with Crippen molar-refractivity contribution in [2.75, 3.05) is 0 Å². The van der Waals surface area contributed by atoms with Gasteiger partial charge >= 0.3 is 5.97 Å². The first kappa shape index (κ1) is 16.2. The van der Waals surface area contributed by atoms with Crippen LogP contribution in [0.4, 0.5) is 4.39 Å². The fourth-order valence-corrected chi connectivity index (χ4v) is 2.85. The van der Waals surface area contributed by atoms with Gasteiger partial charge in [-0.05, 0) is 31.0 Å². The van der Waals surface area contributed by atoms with Crippen molar-refractivity contribution in [2.24, 2.45) is 0 Å². The van der Waals surface area contributed by atoms with E-state index in [4.69, 9.17) is 9.15 Å². The van der Waals surface area contributed by atoms with Crippen molar-refractivity contribution < 1.29 is 23.1 Å². The van der Waals surface area contributed by atoms with Crippen LogP contribution in [-0.4, -0.2) is 17.9 Å². The van der Waals surface area contributed by atoms with Crippen molar-refractivity contribution >= 4 is 11.9 Å². The summed E-state index contributed by atoms with van der Waals surface area (Å²) in [6.45, 7) is 0. The molecule has 5 nitrogen and oxygen atoms in total. The standard InChI is InChI=1S/C18H18FNO4/c19-14-9-4-3-8-13(14)16(17(21)20-12-6-1-2-7-12)24-18(22)15-10-5-11-23-15/h3-5,8-12,16H,1-2,6-7H2,(H,20,21)/t16-/m1/s1. The van der Waals surface area contributed by atoms with Crippen molar-refractivity contribution in [3.63, 3.8) is 0 Å². The highest BCUT2D eigenvalue weighted by Crippen LogP contribution is 2.25. The third-order valence-electron chi connectivity index (χ3n) is 4.07. The number of esters is 1. The zero-order chi connectivity index (χ0) is 16.9. The topological polar surface area (TPSA) is 68.5 Å². The second-order valence-electron chi connectivity index (χ2n) is 5.77. The monoisotopic (exact) mass is 331 g/mol. The van der Waals surface area contributed by atoms with E-state index in [1.165, 1.54) is 36.6 Å². The summed E-state index contributed by atoms with van der Waals surface area (Å²) in [7, 11) is 0. The molecule has 0 saturated heterocycles. The number of carbonyl (C=O) groups excluding carboxylic acids is 2. The third-order valence-corrected chi connectivity index (χ3v) is 4.07. The summed E-state index contributed by atoms with van der Waals surface area (Å²) in [6, 6.07) is 8.76. The van der Waals surface area contributed by atoms with E-state index in [2.05, 4.69) is 5.32 Å². The molecule has 0 radical (unpaired) electrons. The average Bonchev–Trinajstić information content (AvgIpc) is 3.26. The van der Waals surface area contributed by atoms with Crippen LogP contribution in [0.3, 0.4) is 0 Å². The third kappa shape index (κ3) is 3.64. The van der Waals surface area contributed by atoms with E-state index in [-0.39, 0.29) is 17.4 Å². The first-order valence-electron chi connectivity index (χ1n) is 7.94. The number of hydrogen-bond donors (Lipinski definition) is 1. The van der Waals surface area contributed by atoms with Gasteiger partial charge in [-0.2, -0.15) is 0 Å². The van der Waals surface area contributed by atoms with Crippen molar-refractivity contribution in [1.82, 2.24) is 5.32 Å². The Morgan fingerprint density at radius 2 is 1.92 bits per heavy atom. The largest absolute Gasteiger partial charge is 0.457 e. The Hall–Kier alpha value is -2.63. The Kier molecular flexibility index (Phi) is 4.93. The molecular weight excluding hydrogens is 313 g/mol. The minimum absolute atomic E-state index is 0.0212. The van der Waals surface area contributed by atoms with Crippen molar-refractivity contribution in [3.8, 4) is 0 Å². The lowest BCUT2D eigenvalue weighted by Gasteiger charge is -2.20. The maximum atomic E-state index is 14.1. The van der Waals surface area contributed by atoms with Crippen LogP contribution in [0.1, 0.15) is 47.9 Å². The number of amides is 1. The second-order valence-corrected chi connectivity index (χ2v) is 5.77. The first-order valence-corrected chi connectivity index (χ1v) is 7.94. The predicted molar refractivity (Wildman–Crippen MR) is 83.7 cm³/mol. The highest BCUT2D eigenvalue weighted by molar-refractivity contribution is 5.90. The molecule has 0 spiro atoms. The SMILES string of the molecule is O=C(O[C@@H](C(=O)NC1CCCC1)c1ccccc1F)c1ccco1. The summed E-state index contributed by atoms with van der Waals surface area (Å²) in [5.74, 6) is -1.97. The number of benzene rings is 1. The zero-order valence-electron chi connectivity index (χ0n) is 13.0. The molecule has 3 rings (SSSR count). The smallest absolute Gasteiger partial charge is 0.375 e. The number of halogens is 1. The lowest BCUT2D eigenvalue weighted by atomic mass is 10.1. The fraction of sp³-hybridized carbons (Fsp3) is 0.333. The molecule has 24 heavy (non-hydrogen) atoms. The summed E-state index contributed by atoms with van der Waals surface area (Å²) >= 11 is 0. The summed E-state index contributed by atoms with van der Waals surface area (Å²) < 4.78 is 24.3. The van der Waals surface area contributed by atoms with Gasteiger partial charge < -0.3 is 14.5 Å². The number of nitrogens with one attached hydrogen (secondary N) is 1. The first-order chi connectivity index (χ1) is 11.6. The van der Waals surface area contributed by atoms with Gasteiger partial charge in [0, 0.05) is 11.6 Å². The lowest BCUT2D eigenvalue weighted by molar-refractivity contribution is -0.131. The quantitative estimate of drug-likeness (QED) is 0.853. The number of ether oxygens (including phenoxy) is 1. The van der Waals surface area contributed by atoms with Crippen LogP contribution in [0.25, 0.3) is 0 Å². The van der Waals surface area contributed by atoms with Gasteiger partial charge in [0.25, 0.3) is 5.91 Å². The van der Waals surface area contributed by atoms with Gasteiger partial charge in [-0.3, -0.25) is 4.79 Å². The van der Waals surface area contributed by atoms with E-state index in [0.717, 1.165) is 25.7 Å². The Morgan fingerprint density at radius 1 is 1.17 bits per heavy atom. The highest BCUT2D eigenvalue weighted by Gasteiger charge is 2.31. The molecule has 2 aromatic rings. The molecule has 1 aromatic heterocycles. The number of carbonyl (C=O) groups is 2. The van der Waals surface area contributed by atoms with Crippen molar-refractivity contribution in [1.29, 1.82) is 0 Å². The molecule has 1 aliphatic rings. The summed E-state index contributed by atoms with van der Waals surface area (Å²) in [5.41, 5.74) is 0.0212. The normalized spacial score (nSPS) is 15.9. The van der Waals surface area contributed by atoms with Gasteiger partial charge in [0.2, 0.25) is 11.9 Å². The van der Waals surface area contributed by atoms with Crippen LogP contribution < -0.4 is 5.32 Å². The fourth-order valence-electron chi connectivity index (χ4n) is 2.85. The van der Waals surface area contributed by atoms with Gasteiger partial charge in [-0.25, -0.2) is 9.18 Å². The Morgan fingerprint density at radius 3 is 2.58 bits per heavy atom. The van der Waals surface area contributed by atoms with E-state index >= 15 is 0 Å². The molecule has 1 saturated carbocycles. The summed E-state index contributed by atoms with van der Waals surface area (Å²) in [5, 5.41) is 2.84. The van der Waals surface area contributed by atoms with E-state index in [1.54, 1.807) is 6.07 Å². The Balaban J connectivity index is 1.81. The van der Waals surface area contributed by atoms with Crippen LogP contribution in [-0.2, 0) is 9.53 Å².